The van der Waals surface area contributed by atoms with Crippen molar-refractivity contribution >= 4 is 0 Å². The van der Waals surface area contributed by atoms with Crippen molar-refractivity contribution in [3.05, 3.63) is 12.7 Å². The van der Waals surface area contributed by atoms with E-state index in [-0.39, 0.29) is 0 Å². The number of rotatable bonds is 3. The fourth-order valence-electron chi connectivity index (χ4n) is 2.66. The second kappa shape index (κ2) is 3.42. The van der Waals surface area contributed by atoms with E-state index in [1.54, 1.807) is 0 Å². The molecular formula is C11H20. The van der Waals surface area contributed by atoms with Gasteiger partial charge in [0.25, 0.3) is 0 Å². The SMILES string of the molecule is C=C[C@H]1CCCC1(CC)CC. The average Bonchev–Trinajstić information content (AvgIpc) is 2.47. The first-order valence-electron chi connectivity index (χ1n) is 4.91. The Labute approximate surface area is 70.7 Å². The van der Waals surface area contributed by atoms with Crippen LogP contribution in [0.2, 0.25) is 0 Å². The minimum atomic E-state index is 0.627. The van der Waals surface area contributed by atoms with E-state index in [4.69, 9.17) is 0 Å². The van der Waals surface area contributed by atoms with Gasteiger partial charge in [0.1, 0.15) is 0 Å². The van der Waals surface area contributed by atoms with Gasteiger partial charge >= 0.3 is 0 Å². The third kappa shape index (κ3) is 1.36. The molecule has 1 rings (SSSR count). The summed E-state index contributed by atoms with van der Waals surface area (Å²) >= 11 is 0. The molecule has 0 spiro atoms. The molecule has 0 saturated heterocycles. The zero-order valence-electron chi connectivity index (χ0n) is 7.90. The standard InChI is InChI=1S/C11H20/c1-4-10-8-7-9-11(10,5-2)6-3/h4,10H,1,5-9H2,2-3H3/t10-/m0/s1. The molecule has 0 nitrogen and oxygen atoms in total. The highest BCUT2D eigenvalue weighted by Crippen LogP contribution is 2.48. The summed E-state index contributed by atoms with van der Waals surface area (Å²) in [5.74, 6) is 0.803. The van der Waals surface area contributed by atoms with Gasteiger partial charge in [-0.25, -0.2) is 0 Å². The lowest BCUT2D eigenvalue weighted by Crippen LogP contribution is -2.22. The van der Waals surface area contributed by atoms with Crippen molar-refractivity contribution in [3.8, 4) is 0 Å². The predicted octanol–water partition coefficient (Wildman–Crippen LogP) is 3.78. The second-order valence-corrected chi connectivity index (χ2v) is 3.80. The third-order valence-electron chi connectivity index (χ3n) is 3.67. The van der Waals surface area contributed by atoms with Crippen molar-refractivity contribution in [3.63, 3.8) is 0 Å². The summed E-state index contributed by atoms with van der Waals surface area (Å²) in [4.78, 5) is 0. The first-order chi connectivity index (χ1) is 5.29. The van der Waals surface area contributed by atoms with Crippen LogP contribution in [0.15, 0.2) is 12.7 Å². The molecule has 0 N–H and O–H groups in total. The van der Waals surface area contributed by atoms with Crippen LogP contribution in [-0.4, -0.2) is 0 Å². The summed E-state index contributed by atoms with van der Waals surface area (Å²) in [6.45, 7) is 8.58. The van der Waals surface area contributed by atoms with Gasteiger partial charge in [0.05, 0.1) is 0 Å². The molecule has 1 saturated carbocycles. The molecule has 1 fully saturated rings. The molecule has 0 aliphatic heterocycles. The quantitative estimate of drug-likeness (QED) is 0.540. The first-order valence-corrected chi connectivity index (χ1v) is 4.91. The van der Waals surface area contributed by atoms with E-state index in [1.165, 1.54) is 32.1 Å². The van der Waals surface area contributed by atoms with Gasteiger partial charge in [-0.3, -0.25) is 0 Å². The predicted molar refractivity (Wildman–Crippen MR) is 50.6 cm³/mol. The molecule has 0 bridgehead atoms. The van der Waals surface area contributed by atoms with E-state index < -0.39 is 0 Å². The van der Waals surface area contributed by atoms with Crippen LogP contribution in [-0.2, 0) is 0 Å². The smallest absolute Gasteiger partial charge is 0.0180 e. The minimum absolute atomic E-state index is 0.627. The van der Waals surface area contributed by atoms with Gasteiger partial charge in [0.15, 0.2) is 0 Å². The zero-order chi connectivity index (χ0) is 8.32. The Morgan fingerprint density at radius 3 is 2.45 bits per heavy atom. The van der Waals surface area contributed by atoms with E-state index in [0.29, 0.717) is 5.41 Å². The summed E-state index contributed by atoms with van der Waals surface area (Å²) in [6, 6.07) is 0. The zero-order valence-corrected chi connectivity index (χ0v) is 7.90. The molecule has 0 amide bonds. The van der Waals surface area contributed by atoms with Crippen LogP contribution in [0.5, 0.6) is 0 Å². The summed E-state index contributed by atoms with van der Waals surface area (Å²) in [5, 5.41) is 0. The topological polar surface area (TPSA) is 0 Å². The van der Waals surface area contributed by atoms with E-state index in [2.05, 4.69) is 26.5 Å². The lowest BCUT2D eigenvalue weighted by molar-refractivity contribution is 0.217. The van der Waals surface area contributed by atoms with Crippen molar-refractivity contribution in [2.24, 2.45) is 11.3 Å². The second-order valence-electron chi connectivity index (χ2n) is 3.80. The lowest BCUT2D eigenvalue weighted by Gasteiger charge is -2.31. The Balaban J connectivity index is 2.71. The van der Waals surface area contributed by atoms with Gasteiger partial charge in [-0.2, -0.15) is 0 Å². The van der Waals surface area contributed by atoms with E-state index in [1.807, 2.05) is 0 Å². The van der Waals surface area contributed by atoms with E-state index >= 15 is 0 Å². The largest absolute Gasteiger partial charge is 0.103 e. The summed E-state index contributed by atoms with van der Waals surface area (Å²) < 4.78 is 0. The van der Waals surface area contributed by atoms with Crippen LogP contribution >= 0.6 is 0 Å². The van der Waals surface area contributed by atoms with Crippen LogP contribution in [0.1, 0.15) is 46.0 Å². The van der Waals surface area contributed by atoms with Crippen molar-refractivity contribution in [2.75, 3.05) is 0 Å². The molecule has 0 heteroatoms. The van der Waals surface area contributed by atoms with Crippen LogP contribution in [0, 0.1) is 11.3 Å². The van der Waals surface area contributed by atoms with Crippen molar-refractivity contribution in [2.45, 2.75) is 46.0 Å². The molecule has 1 aliphatic rings. The van der Waals surface area contributed by atoms with Crippen molar-refractivity contribution < 1.29 is 0 Å². The molecule has 0 aromatic rings. The molecular weight excluding hydrogens is 132 g/mol. The van der Waals surface area contributed by atoms with Crippen molar-refractivity contribution in [1.29, 1.82) is 0 Å². The molecule has 11 heavy (non-hydrogen) atoms. The van der Waals surface area contributed by atoms with Gasteiger partial charge in [-0.15, -0.1) is 6.58 Å². The van der Waals surface area contributed by atoms with Gasteiger partial charge in [-0.1, -0.05) is 26.3 Å². The van der Waals surface area contributed by atoms with Crippen LogP contribution in [0.4, 0.5) is 0 Å². The molecule has 0 heterocycles. The van der Waals surface area contributed by atoms with Gasteiger partial charge in [0.2, 0.25) is 0 Å². The fourth-order valence-corrected chi connectivity index (χ4v) is 2.66. The Kier molecular flexibility index (Phi) is 2.75. The fraction of sp³-hybridized carbons (Fsp3) is 0.818. The van der Waals surface area contributed by atoms with Gasteiger partial charge < -0.3 is 0 Å². The summed E-state index contributed by atoms with van der Waals surface area (Å²) in [5.41, 5.74) is 0.627. The maximum absolute atomic E-state index is 3.93. The maximum Gasteiger partial charge on any atom is -0.0180 e. The Morgan fingerprint density at radius 1 is 1.45 bits per heavy atom. The molecule has 1 aliphatic carbocycles. The van der Waals surface area contributed by atoms with Crippen LogP contribution in [0.3, 0.4) is 0 Å². The van der Waals surface area contributed by atoms with Crippen LogP contribution < -0.4 is 0 Å². The third-order valence-corrected chi connectivity index (χ3v) is 3.67. The Bertz CT molecular complexity index is 131. The van der Waals surface area contributed by atoms with Crippen LogP contribution in [0.25, 0.3) is 0 Å². The molecule has 64 valence electrons. The average molecular weight is 152 g/mol. The highest BCUT2D eigenvalue weighted by atomic mass is 14.4. The van der Waals surface area contributed by atoms with Gasteiger partial charge in [-0.05, 0) is 37.0 Å². The maximum atomic E-state index is 3.93. The Hall–Kier alpha value is -0.260. The minimum Gasteiger partial charge on any atom is -0.103 e. The molecule has 0 unspecified atom stereocenters. The van der Waals surface area contributed by atoms with Crippen molar-refractivity contribution in [1.82, 2.24) is 0 Å². The number of hydrogen-bond donors (Lipinski definition) is 0. The van der Waals surface area contributed by atoms with E-state index in [9.17, 15) is 0 Å². The lowest BCUT2D eigenvalue weighted by atomic mass is 9.74. The monoisotopic (exact) mass is 152 g/mol. The highest BCUT2D eigenvalue weighted by molar-refractivity contribution is 4.98. The number of allylic oxidation sites excluding steroid dienone is 1. The van der Waals surface area contributed by atoms with Gasteiger partial charge in [0, 0.05) is 0 Å². The molecule has 0 radical (unpaired) electrons. The summed E-state index contributed by atoms with van der Waals surface area (Å²) in [7, 11) is 0. The molecule has 1 atom stereocenters. The normalized spacial score (nSPS) is 28.7. The summed E-state index contributed by atoms with van der Waals surface area (Å²) in [6.07, 6.45) is 9.07. The highest BCUT2D eigenvalue weighted by Gasteiger charge is 2.37. The Morgan fingerprint density at radius 2 is 2.09 bits per heavy atom. The first kappa shape index (κ1) is 8.83. The molecule has 0 aromatic carbocycles. The van der Waals surface area contributed by atoms with E-state index in [0.717, 1.165) is 5.92 Å². The molecule has 0 aromatic heterocycles. The number of hydrogen-bond acceptors (Lipinski definition) is 0.